The second kappa shape index (κ2) is 11.3. The molecular weight excluding hydrogens is 412 g/mol. The van der Waals surface area contributed by atoms with Crippen molar-refractivity contribution in [2.24, 2.45) is 5.92 Å². The Kier molecular flexibility index (Phi) is 8.02. The van der Waals surface area contributed by atoms with E-state index < -0.39 is 5.92 Å². The highest BCUT2D eigenvalue weighted by atomic mass is 16.1. The van der Waals surface area contributed by atoms with Gasteiger partial charge in [0.1, 0.15) is 0 Å². The molecule has 0 fully saturated rings. The second-order valence-corrected chi connectivity index (χ2v) is 7.34. The van der Waals surface area contributed by atoms with Crippen LogP contribution in [-0.4, -0.2) is 30.7 Å². The minimum Gasteiger partial charge on any atom is -0.307 e. The van der Waals surface area contributed by atoms with Gasteiger partial charge in [-0.15, -0.1) is 0 Å². The normalized spacial score (nSPS) is 13.2. The topological polar surface area (TPSA) is 69.8 Å². The summed E-state index contributed by atoms with van der Waals surface area (Å²) in [4.78, 5) is 33.0. The highest BCUT2D eigenvalue weighted by molar-refractivity contribution is 6.12. The van der Waals surface area contributed by atoms with E-state index in [4.69, 9.17) is 0 Å². The summed E-state index contributed by atoms with van der Waals surface area (Å²) < 4.78 is 3.68. The molecule has 0 saturated carbocycles. The number of nitrogens with zero attached hydrogens (tertiary/aromatic N) is 4. The van der Waals surface area contributed by atoms with Crippen LogP contribution in [0.3, 0.4) is 0 Å². The van der Waals surface area contributed by atoms with Crippen molar-refractivity contribution < 1.29 is 9.59 Å². The number of rotatable bonds is 10. The van der Waals surface area contributed by atoms with Gasteiger partial charge in [-0.25, -0.2) is 9.97 Å². The number of hydrogen-bond donors (Lipinski definition) is 0. The molecule has 6 nitrogen and oxygen atoms in total. The Labute approximate surface area is 193 Å². The first kappa shape index (κ1) is 23.3. The molecule has 166 valence electrons. The predicted molar refractivity (Wildman–Crippen MR) is 131 cm³/mol. The summed E-state index contributed by atoms with van der Waals surface area (Å²) in [7, 11) is 0. The first-order valence-electron chi connectivity index (χ1n) is 10.5. The molecule has 3 aromatic rings. The molecule has 0 saturated heterocycles. The maximum absolute atomic E-state index is 12.5. The van der Waals surface area contributed by atoms with Gasteiger partial charge in [-0.1, -0.05) is 43.0 Å². The van der Waals surface area contributed by atoms with Gasteiger partial charge in [0.2, 0.25) is 0 Å². The zero-order valence-electron chi connectivity index (χ0n) is 18.7. The summed E-state index contributed by atoms with van der Waals surface area (Å²) in [5, 5.41) is 0. The monoisotopic (exact) mass is 438 g/mol. The van der Waals surface area contributed by atoms with Crippen LogP contribution >= 0.6 is 0 Å². The van der Waals surface area contributed by atoms with Gasteiger partial charge in [-0.3, -0.25) is 9.59 Å². The van der Waals surface area contributed by atoms with E-state index in [1.807, 2.05) is 60.2 Å². The van der Waals surface area contributed by atoms with Gasteiger partial charge in [-0.05, 0) is 55.3 Å². The lowest BCUT2D eigenvalue weighted by molar-refractivity contribution is -0.126. The van der Waals surface area contributed by atoms with Crippen LogP contribution in [0.4, 0.5) is 0 Å². The van der Waals surface area contributed by atoms with E-state index in [-0.39, 0.29) is 11.6 Å². The Hall–Kier alpha value is -4.32. The van der Waals surface area contributed by atoms with Crippen LogP contribution in [0.15, 0.2) is 110 Å². The summed E-state index contributed by atoms with van der Waals surface area (Å²) >= 11 is 0. The van der Waals surface area contributed by atoms with Crippen molar-refractivity contribution in [2.75, 3.05) is 0 Å². The minimum absolute atomic E-state index is 0.241. The molecule has 0 N–H and O–H groups in total. The average molecular weight is 439 g/mol. The van der Waals surface area contributed by atoms with E-state index in [2.05, 4.69) is 16.5 Å². The van der Waals surface area contributed by atoms with Crippen LogP contribution in [0.2, 0.25) is 0 Å². The maximum atomic E-state index is 12.5. The molecule has 6 heteroatoms. The van der Waals surface area contributed by atoms with Gasteiger partial charge in [-0.2, -0.15) is 0 Å². The van der Waals surface area contributed by atoms with Crippen LogP contribution in [0.5, 0.6) is 0 Å². The molecule has 0 aliphatic rings. The molecule has 1 aromatic carbocycles. The average Bonchev–Trinajstić information content (AvgIpc) is 3.57. The van der Waals surface area contributed by atoms with Gasteiger partial charge in [0.25, 0.3) is 0 Å². The molecule has 0 amide bonds. The minimum atomic E-state index is -0.759. The SMILES string of the molecule is C=C(/C=C\C(=CC)/C=C/C(=O)C(C)C(=O)/C=C/c1ccc(-n2ccnc2)cc1)n1ccnc1. The van der Waals surface area contributed by atoms with Crippen LogP contribution in [0.1, 0.15) is 19.4 Å². The van der Waals surface area contributed by atoms with Crippen molar-refractivity contribution in [1.29, 1.82) is 0 Å². The molecule has 33 heavy (non-hydrogen) atoms. The van der Waals surface area contributed by atoms with E-state index in [0.717, 1.165) is 22.5 Å². The fraction of sp³-hybridized carbons (Fsp3) is 0.111. The van der Waals surface area contributed by atoms with Crippen molar-refractivity contribution in [3.8, 4) is 5.69 Å². The van der Waals surface area contributed by atoms with E-state index >= 15 is 0 Å². The van der Waals surface area contributed by atoms with Crippen molar-refractivity contribution in [3.63, 3.8) is 0 Å². The molecule has 3 rings (SSSR count). The predicted octanol–water partition coefficient (Wildman–Crippen LogP) is 5.09. The zero-order valence-corrected chi connectivity index (χ0v) is 18.7. The smallest absolute Gasteiger partial charge is 0.166 e. The summed E-state index contributed by atoms with van der Waals surface area (Å²) in [6.45, 7) is 7.47. The van der Waals surface area contributed by atoms with Gasteiger partial charge in [0.05, 0.1) is 18.6 Å². The fourth-order valence-corrected chi connectivity index (χ4v) is 2.91. The third-order valence-corrected chi connectivity index (χ3v) is 5.07. The van der Waals surface area contributed by atoms with Gasteiger partial charge in [0.15, 0.2) is 11.6 Å². The van der Waals surface area contributed by atoms with E-state index in [9.17, 15) is 9.59 Å². The number of ketones is 2. The van der Waals surface area contributed by atoms with Crippen molar-refractivity contribution >= 4 is 23.3 Å². The van der Waals surface area contributed by atoms with Crippen LogP contribution in [0, 0.1) is 5.92 Å². The van der Waals surface area contributed by atoms with Gasteiger partial charge >= 0.3 is 0 Å². The highest BCUT2D eigenvalue weighted by Crippen LogP contribution is 2.12. The van der Waals surface area contributed by atoms with E-state index in [1.165, 1.54) is 12.2 Å². The van der Waals surface area contributed by atoms with E-state index in [0.29, 0.717) is 0 Å². The summed E-state index contributed by atoms with van der Waals surface area (Å²) in [6.07, 6.45) is 22.3. The van der Waals surface area contributed by atoms with Gasteiger partial charge in [0, 0.05) is 36.2 Å². The number of aromatic nitrogens is 4. The number of carbonyl (C=O) groups is 2. The Bertz CT molecular complexity index is 1210. The second-order valence-electron chi connectivity index (χ2n) is 7.34. The largest absolute Gasteiger partial charge is 0.307 e. The lowest BCUT2D eigenvalue weighted by atomic mass is 9.99. The number of imidazole rings is 2. The number of benzene rings is 1. The van der Waals surface area contributed by atoms with Crippen molar-refractivity contribution in [1.82, 2.24) is 19.1 Å². The molecule has 0 radical (unpaired) electrons. The molecule has 1 unspecified atom stereocenters. The molecular formula is C27H26N4O2. The molecule has 1 atom stereocenters. The molecule has 2 heterocycles. The number of allylic oxidation sites excluding steroid dienone is 8. The van der Waals surface area contributed by atoms with E-state index in [1.54, 1.807) is 54.9 Å². The third-order valence-electron chi connectivity index (χ3n) is 5.07. The highest BCUT2D eigenvalue weighted by Gasteiger charge is 2.16. The molecule has 2 aromatic heterocycles. The Morgan fingerprint density at radius 1 is 0.909 bits per heavy atom. The zero-order chi connectivity index (χ0) is 23.6. The van der Waals surface area contributed by atoms with Crippen molar-refractivity contribution in [3.05, 3.63) is 116 Å². The fourth-order valence-electron chi connectivity index (χ4n) is 2.91. The summed E-state index contributed by atoms with van der Waals surface area (Å²) in [6, 6.07) is 7.70. The van der Waals surface area contributed by atoms with Crippen LogP contribution < -0.4 is 0 Å². The van der Waals surface area contributed by atoms with Crippen LogP contribution in [-0.2, 0) is 9.59 Å². The molecule has 0 spiro atoms. The number of carbonyl (C=O) groups excluding carboxylic acids is 2. The Morgan fingerprint density at radius 2 is 1.58 bits per heavy atom. The standard InChI is InChI=1S/C27H26N4O2/c1-4-23(6-5-21(2)30-17-15-28-19-30)9-13-26(32)22(3)27(33)14-10-24-7-11-25(12-8-24)31-18-16-29-20-31/h4-20,22H,2H2,1,3H3/b6-5-,13-9+,14-10+,23-4?. The van der Waals surface area contributed by atoms with Crippen LogP contribution in [0.25, 0.3) is 17.5 Å². The lowest BCUT2D eigenvalue weighted by Crippen LogP contribution is -2.17. The number of hydrogen-bond acceptors (Lipinski definition) is 4. The first-order chi connectivity index (χ1) is 16.0. The summed E-state index contributed by atoms with van der Waals surface area (Å²) in [5.41, 5.74) is 3.44. The molecule has 0 bridgehead atoms. The first-order valence-corrected chi connectivity index (χ1v) is 10.5. The third kappa shape index (κ3) is 6.58. The quantitative estimate of drug-likeness (QED) is 0.251. The molecule has 0 aliphatic carbocycles. The van der Waals surface area contributed by atoms with Crippen molar-refractivity contribution in [2.45, 2.75) is 13.8 Å². The van der Waals surface area contributed by atoms with Gasteiger partial charge < -0.3 is 9.13 Å². The Morgan fingerprint density at radius 3 is 2.21 bits per heavy atom. The summed E-state index contributed by atoms with van der Waals surface area (Å²) in [5.74, 6) is -1.25. The Balaban J connectivity index is 1.56. The maximum Gasteiger partial charge on any atom is 0.166 e. The lowest BCUT2D eigenvalue weighted by Gasteiger charge is -2.04. The molecule has 0 aliphatic heterocycles.